The molecule has 2 nitrogen and oxygen atoms in total. The Kier molecular flexibility index (Phi) is 14.6. The van der Waals surface area contributed by atoms with E-state index in [1.807, 2.05) is 0 Å². The van der Waals surface area contributed by atoms with E-state index < -0.39 is 0 Å². The SMILES string of the molecule is CC(C)c1cccc(-c2cccc(N(c3cccc(-c4ccc(-c5ccccc5)cc4)c3)c3ccc4c(c3)C(C)(C)c3cc(N(c5cccc(-c6cccc(C(C)C)c6)c5)c5cccc(C6(C)C=CC(c7ccccc7)=CC6)c5)c5ccccc5c3-4)c2)c1. The Morgan fingerprint density at radius 1 is 0.341 bits per heavy atom. The summed E-state index contributed by atoms with van der Waals surface area (Å²) >= 11 is 0. The van der Waals surface area contributed by atoms with Crippen LogP contribution in [0, 0.1) is 0 Å². The molecule has 0 heterocycles. The summed E-state index contributed by atoms with van der Waals surface area (Å²) in [5.41, 5.74) is 27.4. The van der Waals surface area contributed by atoms with Gasteiger partial charge in [0.05, 0.1) is 5.69 Å². The normalized spacial score (nSPS) is 14.9. The van der Waals surface area contributed by atoms with E-state index in [9.17, 15) is 0 Å². The molecule has 1 atom stereocenters. The van der Waals surface area contributed by atoms with Gasteiger partial charge < -0.3 is 9.80 Å². The predicted molar refractivity (Wildman–Crippen MR) is 376 cm³/mol. The molecule has 12 aromatic rings. The van der Waals surface area contributed by atoms with Gasteiger partial charge in [-0.1, -0.05) is 279 Å². The maximum atomic E-state index is 2.54. The molecule has 0 bridgehead atoms. The zero-order valence-corrected chi connectivity index (χ0v) is 51.5. The summed E-state index contributed by atoms with van der Waals surface area (Å²) in [5.74, 6) is 0.847. The van der Waals surface area contributed by atoms with E-state index in [4.69, 9.17) is 0 Å². The Morgan fingerprint density at radius 2 is 0.784 bits per heavy atom. The van der Waals surface area contributed by atoms with Gasteiger partial charge in [-0.15, -0.1) is 0 Å². The van der Waals surface area contributed by atoms with Gasteiger partial charge in [-0.25, -0.2) is 0 Å². The van der Waals surface area contributed by atoms with Crippen molar-refractivity contribution in [1.29, 1.82) is 0 Å². The minimum atomic E-state index is -0.386. The molecule has 12 aromatic carbocycles. The molecule has 0 fully saturated rings. The fraction of sp³-hybridized carbons (Fsp3) is 0.140. The molecule has 0 saturated heterocycles. The van der Waals surface area contributed by atoms with Crippen molar-refractivity contribution in [2.24, 2.45) is 0 Å². The molecule has 2 aliphatic carbocycles. The maximum absolute atomic E-state index is 2.54. The first-order valence-corrected chi connectivity index (χ1v) is 31.4. The average Bonchev–Trinajstić information content (AvgIpc) is 1.57. The molecule has 14 rings (SSSR count). The Bertz CT molecular complexity index is 4640. The molecule has 0 N–H and O–H groups in total. The minimum absolute atomic E-state index is 0.204. The van der Waals surface area contributed by atoms with E-state index >= 15 is 0 Å². The van der Waals surface area contributed by atoms with E-state index in [1.54, 1.807) is 0 Å². The quantitative estimate of drug-likeness (QED) is 0.107. The Balaban J connectivity index is 0.909. The van der Waals surface area contributed by atoms with Crippen LogP contribution in [-0.2, 0) is 10.8 Å². The van der Waals surface area contributed by atoms with E-state index in [1.165, 1.54) is 105 Å². The molecule has 0 spiro atoms. The highest BCUT2D eigenvalue weighted by Gasteiger charge is 2.39. The second-order valence-corrected chi connectivity index (χ2v) is 25.6. The van der Waals surface area contributed by atoms with E-state index in [-0.39, 0.29) is 10.8 Å². The number of nitrogens with zero attached hydrogens (tertiary/aromatic N) is 2. The van der Waals surface area contributed by atoms with E-state index in [0.717, 1.165) is 40.5 Å². The van der Waals surface area contributed by atoms with Crippen molar-refractivity contribution >= 4 is 50.5 Å². The number of rotatable bonds is 14. The van der Waals surface area contributed by atoms with Crippen molar-refractivity contribution in [1.82, 2.24) is 0 Å². The largest absolute Gasteiger partial charge is 0.310 e. The minimum Gasteiger partial charge on any atom is -0.310 e. The van der Waals surface area contributed by atoms with Gasteiger partial charge in [-0.2, -0.15) is 0 Å². The molecule has 0 aromatic heterocycles. The highest BCUT2D eigenvalue weighted by atomic mass is 15.1. The van der Waals surface area contributed by atoms with Crippen LogP contribution in [0.4, 0.5) is 34.1 Å². The lowest BCUT2D eigenvalue weighted by molar-refractivity contribution is 0.601. The van der Waals surface area contributed by atoms with Crippen molar-refractivity contribution in [3.8, 4) is 55.6 Å². The zero-order valence-electron chi connectivity index (χ0n) is 51.5. The van der Waals surface area contributed by atoms with Gasteiger partial charge >= 0.3 is 0 Å². The molecule has 428 valence electrons. The summed E-state index contributed by atoms with van der Waals surface area (Å²) in [6, 6.07) is 104. The summed E-state index contributed by atoms with van der Waals surface area (Å²) in [4.78, 5) is 5.01. The molecule has 0 aliphatic heterocycles. The van der Waals surface area contributed by atoms with Gasteiger partial charge in [0.2, 0.25) is 0 Å². The van der Waals surface area contributed by atoms with Gasteiger partial charge in [0, 0.05) is 44.7 Å². The number of fused-ring (bicyclic) bond motifs is 5. The molecule has 0 saturated carbocycles. The van der Waals surface area contributed by atoms with Crippen molar-refractivity contribution in [3.05, 3.63) is 331 Å². The van der Waals surface area contributed by atoms with Crippen LogP contribution in [0.1, 0.15) is 100 Å². The van der Waals surface area contributed by atoms with Crippen LogP contribution in [0.15, 0.2) is 297 Å². The van der Waals surface area contributed by atoms with Crippen molar-refractivity contribution < 1.29 is 0 Å². The summed E-state index contributed by atoms with van der Waals surface area (Å²) in [6.45, 7) is 16.4. The van der Waals surface area contributed by atoms with Crippen LogP contribution < -0.4 is 9.80 Å². The monoisotopic (exact) mass is 1130 g/mol. The van der Waals surface area contributed by atoms with Crippen LogP contribution in [0.25, 0.3) is 72.0 Å². The van der Waals surface area contributed by atoms with Crippen LogP contribution in [0.2, 0.25) is 0 Å². The van der Waals surface area contributed by atoms with Crippen molar-refractivity contribution in [2.75, 3.05) is 9.80 Å². The fourth-order valence-corrected chi connectivity index (χ4v) is 13.7. The third kappa shape index (κ3) is 10.5. The molecule has 0 amide bonds. The van der Waals surface area contributed by atoms with Crippen LogP contribution >= 0.6 is 0 Å². The number of hydrogen-bond donors (Lipinski definition) is 0. The fourth-order valence-electron chi connectivity index (χ4n) is 13.7. The topological polar surface area (TPSA) is 6.48 Å². The first-order valence-electron chi connectivity index (χ1n) is 31.4. The third-order valence-corrected chi connectivity index (χ3v) is 18.8. The average molecular weight is 1140 g/mol. The van der Waals surface area contributed by atoms with Gasteiger partial charge in [0.25, 0.3) is 0 Å². The van der Waals surface area contributed by atoms with Crippen LogP contribution in [0.5, 0.6) is 0 Å². The number of hydrogen-bond acceptors (Lipinski definition) is 2. The molecular weight excluding hydrogens is 1060 g/mol. The van der Waals surface area contributed by atoms with Crippen molar-refractivity contribution in [2.45, 2.75) is 77.6 Å². The van der Waals surface area contributed by atoms with Gasteiger partial charge in [-0.05, 0) is 185 Å². The van der Waals surface area contributed by atoms with Gasteiger partial charge in [0.1, 0.15) is 0 Å². The van der Waals surface area contributed by atoms with Crippen LogP contribution in [0.3, 0.4) is 0 Å². The molecule has 88 heavy (non-hydrogen) atoms. The summed E-state index contributed by atoms with van der Waals surface area (Å²) < 4.78 is 0. The molecule has 2 heteroatoms. The Morgan fingerprint density at radius 3 is 1.34 bits per heavy atom. The Labute approximate surface area is 521 Å². The smallest absolute Gasteiger partial charge is 0.0543 e. The molecule has 1 unspecified atom stereocenters. The summed E-state index contributed by atoms with van der Waals surface area (Å²) in [6.07, 6.45) is 8.06. The van der Waals surface area contributed by atoms with Gasteiger partial charge in [-0.3, -0.25) is 0 Å². The highest BCUT2D eigenvalue weighted by Crippen LogP contribution is 2.56. The Hall–Kier alpha value is -10.0. The lowest BCUT2D eigenvalue weighted by Gasteiger charge is -2.33. The second-order valence-electron chi connectivity index (χ2n) is 25.6. The lowest BCUT2D eigenvalue weighted by atomic mass is 9.75. The molecule has 0 radical (unpaired) electrons. The number of allylic oxidation sites excluding steroid dienone is 4. The summed E-state index contributed by atoms with van der Waals surface area (Å²) in [5, 5.41) is 2.45. The number of anilines is 6. The zero-order chi connectivity index (χ0) is 60.1. The lowest BCUT2D eigenvalue weighted by Crippen LogP contribution is -2.21. The van der Waals surface area contributed by atoms with E-state index in [2.05, 4.69) is 356 Å². The number of benzene rings is 12. The first kappa shape index (κ1) is 55.8. The molecule has 2 aliphatic rings. The third-order valence-electron chi connectivity index (χ3n) is 18.8. The van der Waals surface area contributed by atoms with Gasteiger partial charge in [0.15, 0.2) is 0 Å². The second kappa shape index (κ2) is 23.0. The molecular formula is C86H74N2. The standard InChI is InChI=1S/C86H74N2/c1-58(2)65-26-16-28-67(50-65)70-31-19-35-74(53-70)87(73-34-18-30-69(52-73)63-42-40-62(41-43-63)60-22-10-8-11-23-60)77-44-45-80-81(56-77)85(5,6)82-57-83(78-38-14-15-39-79(78)84(80)82)88(75-36-20-32-71(54-75)68-29-17-27-66(51-68)59(3)4)76-37-21-33-72(55-76)86(7)48-46-64(47-49-86)61-24-12-9-13-25-61/h8-48,50-59H,49H2,1-7H3. The van der Waals surface area contributed by atoms with Crippen LogP contribution in [-0.4, -0.2) is 0 Å². The summed E-state index contributed by atoms with van der Waals surface area (Å²) in [7, 11) is 0. The van der Waals surface area contributed by atoms with Crippen molar-refractivity contribution in [3.63, 3.8) is 0 Å². The maximum Gasteiger partial charge on any atom is 0.0543 e. The highest BCUT2D eigenvalue weighted by molar-refractivity contribution is 6.10. The van der Waals surface area contributed by atoms with E-state index in [0.29, 0.717) is 11.8 Å². The predicted octanol–water partition coefficient (Wildman–Crippen LogP) is 24.3. The first-order chi connectivity index (χ1) is 42.9.